The van der Waals surface area contributed by atoms with Crippen molar-refractivity contribution in [3.8, 4) is 0 Å². The van der Waals surface area contributed by atoms with Crippen LogP contribution in [0.15, 0.2) is 18.5 Å². The summed E-state index contributed by atoms with van der Waals surface area (Å²) in [5.74, 6) is -1.11. The van der Waals surface area contributed by atoms with Gasteiger partial charge in [0, 0.05) is 6.20 Å². The minimum absolute atomic E-state index is 0.0334. The zero-order valence-corrected chi connectivity index (χ0v) is 8.25. The monoisotopic (exact) mass is 230 g/mol. The standard InChI is InChI=1S/C8H4Cl2N2O2/c9-4-1-6-7(10)5(8(13)14)2-11-12(6)3-4/h1-3H,(H,13,14). The lowest BCUT2D eigenvalue weighted by Gasteiger charge is -1.99. The quantitative estimate of drug-likeness (QED) is 0.819. The van der Waals surface area contributed by atoms with E-state index in [1.54, 1.807) is 12.3 Å². The Hall–Kier alpha value is -1.26. The highest BCUT2D eigenvalue weighted by molar-refractivity contribution is 6.37. The van der Waals surface area contributed by atoms with Crippen molar-refractivity contribution in [2.75, 3.05) is 0 Å². The Labute approximate surface area is 88.7 Å². The Morgan fingerprint density at radius 2 is 2.21 bits per heavy atom. The molecule has 0 aromatic carbocycles. The van der Waals surface area contributed by atoms with Crippen molar-refractivity contribution < 1.29 is 9.90 Å². The van der Waals surface area contributed by atoms with Crippen molar-refractivity contribution in [3.05, 3.63) is 34.1 Å². The van der Waals surface area contributed by atoms with Gasteiger partial charge in [0.05, 0.1) is 21.8 Å². The molecule has 0 aliphatic rings. The van der Waals surface area contributed by atoms with E-state index in [1.807, 2.05) is 0 Å². The maximum atomic E-state index is 10.7. The molecular formula is C8H4Cl2N2O2. The molecule has 6 heteroatoms. The lowest BCUT2D eigenvalue weighted by molar-refractivity contribution is 0.0696. The number of hydrogen-bond acceptors (Lipinski definition) is 2. The van der Waals surface area contributed by atoms with Gasteiger partial charge in [-0.25, -0.2) is 9.31 Å². The molecule has 0 saturated carbocycles. The number of aromatic nitrogens is 2. The van der Waals surface area contributed by atoms with Gasteiger partial charge in [-0.15, -0.1) is 0 Å². The molecule has 0 atom stereocenters. The molecule has 2 aromatic rings. The summed E-state index contributed by atoms with van der Waals surface area (Å²) in [4.78, 5) is 10.7. The van der Waals surface area contributed by atoms with Gasteiger partial charge in [0.15, 0.2) is 0 Å². The van der Waals surface area contributed by atoms with Gasteiger partial charge >= 0.3 is 5.97 Å². The van der Waals surface area contributed by atoms with E-state index < -0.39 is 5.97 Å². The van der Waals surface area contributed by atoms with Gasteiger partial charge in [0.2, 0.25) is 0 Å². The highest BCUT2D eigenvalue weighted by Crippen LogP contribution is 2.24. The number of aromatic carboxylic acids is 1. The van der Waals surface area contributed by atoms with E-state index in [0.29, 0.717) is 10.5 Å². The summed E-state index contributed by atoms with van der Waals surface area (Å²) in [6.07, 6.45) is 2.74. The molecule has 4 nitrogen and oxygen atoms in total. The number of nitrogens with zero attached hydrogens (tertiary/aromatic N) is 2. The predicted octanol–water partition coefficient (Wildman–Crippen LogP) is 2.34. The normalized spacial score (nSPS) is 10.7. The van der Waals surface area contributed by atoms with Crippen LogP contribution in [0.2, 0.25) is 10.0 Å². The highest BCUT2D eigenvalue weighted by Gasteiger charge is 2.13. The second-order valence-corrected chi connectivity index (χ2v) is 3.48. The van der Waals surface area contributed by atoms with Crippen LogP contribution in [0.4, 0.5) is 0 Å². The first-order valence-electron chi connectivity index (χ1n) is 3.65. The summed E-state index contributed by atoms with van der Waals surface area (Å²) in [5, 5.41) is 13.2. The Morgan fingerprint density at radius 1 is 1.50 bits per heavy atom. The zero-order chi connectivity index (χ0) is 10.3. The smallest absolute Gasteiger partial charge is 0.338 e. The van der Waals surface area contributed by atoms with Gasteiger partial charge in [0.1, 0.15) is 5.56 Å². The van der Waals surface area contributed by atoms with Gasteiger partial charge < -0.3 is 5.11 Å². The second-order valence-electron chi connectivity index (χ2n) is 2.67. The van der Waals surface area contributed by atoms with Crippen LogP contribution in [0.25, 0.3) is 5.52 Å². The van der Waals surface area contributed by atoms with E-state index in [-0.39, 0.29) is 10.6 Å². The molecule has 72 valence electrons. The molecule has 0 fully saturated rings. The van der Waals surface area contributed by atoms with Crippen LogP contribution in [0.3, 0.4) is 0 Å². The van der Waals surface area contributed by atoms with E-state index >= 15 is 0 Å². The molecule has 0 aliphatic carbocycles. The summed E-state index contributed by atoms with van der Waals surface area (Å²) in [6, 6.07) is 1.56. The number of halogens is 2. The van der Waals surface area contributed by atoms with Gasteiger partial charge in [0.25, 0.3) is 0 Å². The minimum Gasteiger partial charge on any atom is -0.478 e. The van der Waals surface area contributed by atoms with Crippen molar-refractivity contribution in [1.82, 2.24) is 9.61 Å². The number of carboxylic acid groups (broad SMARTS) is 1. The fourth-order valence-electron chi connectivity index (χ4n) is 1.14. The lowest BCUT2D eigenvalue weighted by Crippen LogP contribution is -2.01. The fraction of sp³-hybridized carbons (Fsp3) is 0. The van der Waals surface area contributed by atoms with Crippen molar-refractivity contribution in [3.63, 3.8) is 0 Å². The van der Waals surface area contributed by atoms with E-state index in [4.69, 9.17) is 28.3 Å². The Balaban J connectivity index is 2.80. The first-order chi connectivity index (χ1) is 6.59. The maximum absolute atomic E-state index is 10.7. The average molecular weight is 231 g/mol. The minimum atomic E-state index is -1.11. The van der Waals surface area contributed by atoms with Crippen molar-refractivity contribution in [2.24, 2.45) is 0 Å². The SMILES string of the molecule is O=C(O)c1cnn2cc(Cl)cc2c1Cl. The molecule has 0 saturated heterocycles. The van der Waals surface area contributed by atoms with Crippen LogP contribution in [0.5, 0.6) is 0 Å². The molecule has 0 amide bonds. The van der Waals surface area contributed by atoms with Crippen LogP contribution in [0.1, 0.15) is 10.4 Å². The third-order valence-corrected chi connectivity index (χ3v) is 2.37. The van der Waals surface area contributed by atoms with Gasteiger partial charge in [-0.1, -0.05) is 23.2 Å². The maximum Gasteiger partial charge on any atom is 0.338 e. The molecule has 0 aliphatic heterocycles. The van der Waals surface area contributed by atoms with Crippen LogP contribution in [0, 0.1) is 0 Å². The molecule has 0 spiro atoms. The summed E-state index contributed by atoms with van der Waals surface area (Å²) in [6.45, 7) is 0. The Kier molecular flexibility index (Phi) is 2.09. The number of rotatable bonds is 1. The van der Waals surface area contributed by atoms with Crippen molar-refractivity contribution in [1.29, 1.82) is 0 Å². The van der Waals surface area contributed by atoms with Crippen molar-refractivity contribution >= 4 is 34.7 Å². The van der Waals surface area contributed by atoms with Crippen molar-refractivity contribution in [2.45, 2.75) is 0 Å². The summed E-state index contributed by atoms with van der Waals surface area (Å²) in [7, 11) is 0. The topological polar surface area (TPSA) is 54.6 Å². The Bertz CT molecular complexity index is 521. The van der Waals surface area contributed by atoms with Gasteiger partial charge in [-0.3, -0.25) is 0 Å². The molecule has 0 radical (unpaired) electrons. The second kappa shape index (κ2) is 3.15. The molecule has 0 unspecified atom stereocenters. The van der Waals surface area contributed by atoms with Crippen LogP contribution in [-0.4, -0.2) is 20.7 Å². The van der Waals surface area contributed by atoms with Gasteiger partial charge in [-0.2, -0.15) is 5.10 Å². The fourth-order valence-corrected chi connectivity index (χ4v) is 1.61. The zero-order valence-electron chi connectivity index (χ0n) is 6.74. The molecule has 14 heavy (non-hydrogen) atoms. The number of carboxylic acids is 1. The molecule has 2 rings (SSSR count). The molecular weight excluding hydrogens is 227 g/mol. The summed E-state index contributed by atoms with van der Waals surface area (Å²) >= 11 is 11.6. The molecule has 0 bridgehead atoms. The predicted molar refractivity (Wildman–Crippen MR) is 52.2 cm³/mol. The molecule has 2 aromatic heterocycles. The first-order valence-corrected chi connectivity index (χ1v) is 4.41. The van der Waals surface area contributed by atoms with E-state index in [0.717, 1.165) is 0 Å². The van der Waals surface area contributed by atoms with Crippen LogP contribution in [-0.2, 0) is 0 Å². The van der Waals surface area contributed by atoms with Crippen LogP contribution >= 0.6 is 23.2 Å². The highest BCUT2D eigenvalue weighted by atomic mass is 35.5. The number of fused-ring (bicyclic) bond motifs is 1. The van der Waals surface area contributed by atoms with E-state index in [9.17, 15) is 4.79 Å². The first kappa shape index (κ1) is 9.30. The molecule has 1 N–H and O–H groups in total. The summed E-state index contributed by atoms with van der Waals surface area (Å²) in [5.41, 5.74) is 0.450. The Morgan fingerprint density at radius 3 is 2.86 bits per heavy atom. The lowest BCUT2D eigenvalue weighted by atomic mass is 10.3. The molecule has 2 heterocycles. The average Bonchev–Trinajstić information content (AvgIpc) is 2.46. The summed E-state index contributed by atoms with van der Waals surface area (Å²) < 4.78 is 1.43. The van der Waals surface area contributed by atoms with Gasteiger partial charge in [-0.05, 0) is 6.07 Å². The van der Waals surface area contributed by atoms with E-state index in [1.165, 1.54) is 10.7 Å². The van der Waals surface area contributed by atoms with E-state index in [2.05, 4.69) is 5.10 Å². The third-order valence-electron chi connectivity index (χ3n) is 1.77. The largest absolute Gasteiger partial charge is 0.478 e. The number of hydrogen-bond donors (Lipinski definition) is 1. The number of carbonyl (C=O) groups is 1. The van der Waals surface area contributed by atoms with Crippen LogP contribution < -0.4 is 0 Å². The third kappa shape index (κ3) is 1.32.